The van der Waals surface area contributed by atoms with Gasteiger partial charge in [-0.25, -0.2) is 4.79 Å². The zero-order valence-electron chi connectivity index (χ0n) is 12.4. The molecule has 0 aliphatic heterocycles. The molecule has 5 heteroatoms. The number of amides is 1. The van der Waals surface area contributed by atoms with Crippen molar-refractivity contribution in [1.82, 2.24) is 4.57 Å². The van der Waals surface area contributed by atoms with Gasteiger partial charge in [-0.2, -0.15) is 0 Å². The van der Waals surface area contributed by atoms with E-state index in [1.165, 1.54) is 4.57 Å². The summed E-state index contributed by atoms with van der Waals surface area (Å²) in [5.41, 5.74) is 2.84. The second-order valence-electron chi connectivity index (χ2n) is 5.24. The van der Waals surface area contributed by atoms with Crippen molar-refractivity contribution >= 4 is 22.7 Å². The van der Waals surface area contributed by atoms with Gasteiger partial charge < -0.3 is 9.73 Å². The van der Waals surface area contributed by atoms with E-state index in [9.17, 15) is 9.59 Å². The van der Waals surface area contributed by atoms with E-state index in [0.29, 0.717) is 16.8 Å². The van der Waals surface area contributed by atoms with Crippen LogP contribution in [0.3, 0.4) is 0 Å². The summed E-state index contributed by atoms with van der Waals surface area (Å²) < 4.78 is 6.53. The normalized spacial score (nSPS) is 12.3. The number of oxazole rings is 1. The standard InChI is InChI=1S/C17H16N2O3/c1-11-6-5-7-13(10-11)18-16(20)12(2)19-14-8-3-4-9-15(14)22-17(19)21/h3-10,12H,1-2H3,(H,18,20). The van der Waals surface area contributed by atoms with Crippen molar-refractivity contribution in [3.05, 3.63) is 64.6 Å². The first kappa shape index (κ1) is 14.1. The Bertz CT molecular complexity index is 892. The highest BCUT2D eigenvalue weighted by atomic mass is 16.4. The van der Waals surface area contributed by atoms with Crippen molar-refractivity contribution in [3.63, 3.8) is 0 Å². The van der Waals surface area contributed by atoms with Crippen LogP contribution < -0.4 is 11.1 Å². The number of nitrogens with zero attached hydrogens (tertiary/aromatic N) is 1. The molecule has 0 aliphatic carbocycles. The first-order valence-electron chi connectivity index (χ1n) is 7.04. The Hall–Kier alpha value is -2.82. The van der Waals surface area contributed by atoms with Crippen molar-refractivity contribution in [2.45, 2.75) is 19.9 Å². The van der Waals surface area contributed by atoms with Gasteiger partial charge in [0, 0.05) is 5.69 Å². The molecule has 5 nitrogen and oxygen atoms in total. The molecule has 3 aromatic rings. The van der Waals surface area contributed by atoms with Gasteiger partial charge in [0.1, 0.15) is 6.04 Å². The number of anilines is 1. The molecule has 22 heavy (non-hydrogen) atoms. The number of carbonyl (C=O) groups excluding carboxylic acids is 1. The summed E-state index contributed by atoms with van der Waals surface area (Å²) in [6.07, 6.45) is 0. The molecule has 0 aliphatic rings. The first-order chi connectivity index (χ1) is 10.6. The smallest absolute Gasteiger partial charge is 0.408 e. The summed E-state index contributed by atoms with van der Waals surface area (Å²) in [6, 6.07) is 13.9. The molecule has 2 aromatic carbocycles. The van der Waals surface area contributed by atoms with E-state index in [1.807, 2.05) is 31.2 Å². The van der Waals surface area contributed by atoms with Gasteiger partial charge >= 0.3 is 5.76 Å². The number of carbonyl (C=O) groups is 1. The Morgan fingerprint density at radius 3 is 2.73 bits per heavy atom. The Balaban J connectivity index is 1.92. The summed E-state index contributed by atoms with van der Waals surface area (Å²) in [6.45, 7) is 3.63. The molecule has 1 atom stereocenters. The lowest BCUT2D eigenvalue weighted by atomic mass is 10.2. The van der Waals surface area contributed by atoms with Crippen LogP contribution in [0.25, 0.3) is 11.1 Å². The minimum atomic E-state index is -0.670. The van der Waals surface area contributed by atoms with Gasteiger partial charge in [0.2, 0.25) is 5.91 Å². The van der Waals surface area contributed by atoms with E-state index in [-0.39, 0.29) is 5.91 Å². The van der Waals surface area contributed by atoms with Gasteiger partial charge in [-0.15, -0.1) is 0 Å². The zero-order chi connectivity index (χ0) is 15.7. The lowest BCUT2D eigenvalue weighted by Gasteiger charge is -2.13. The molecule has 1 N–H and O–H groups in total. The van der Waals surface area contributed by atoms with E-state index >= 15 is 0 Å². The van der Waals surface area contributed by atoms with Gasteiger partial charge in [-0.05, 0) is 43.7 Å². The van der Waals surface area contributed by atoms with E-state index in [4.69, 9.17) is 4.42 Å². The maximum Gasteiger partial charge on any atom is 0.420 e. The van der Waals surface area contributed by atoms with Gasteiger partial charge in [-0.3, -0.25) is 9.36 Å². The van der Waals surface area contributed by atoms with Crippen LogP contribution in [0.1, 0.15) is 18.5 Å². The molecule has 0 radical (unpaired) electrons. The van der Waals surface area contributed by atoms with E-state index in [2.05, 4.69) is 5.32 Å². The van der Waals surface area contributed by atoms with Crippen LogP contribution in [0.4, 0.5) is 5.69 Å². The summed E-state index contributed by atoms with van der Waals surface area (Å²) in [7, 11) is 0. The van der Waals surface area contributed by atoms with E-state index in [1.54, 1.807) is 31.2 Å². The summed E-state index contributed by atoms with van der Waals surface area (Å²) >= 11 is 0. The highest BCUT2D eigenvalue weighted by Crippen LogP contribution is 2.18. The number of rotatable bonds is 3. The molecule has 0 fully saturated rings. The SMILES string of the molecule is Cc1cccc(NC(=O)C(C)n2c(=O)oc3ccccc32)c1. The average Bonchev–Trinajstić information content (AvgIpc) is 2.82. The largest absolute Gasteiger partial charge is 0.420 e. The molecule has 3 rings (SSSR count). The molecule has 0 saturated heterocycles. The molecule has 112 valence electrons. The molecule has 0 spiro atoms. The third-order valence-corrected chi connectivity index (χ3v) is 3.57. The quantitative estimate of drug-likeness (QED) is 0.807. The molecule has 0 bridgehead atoms. The summed E-state index contributed by atoms with van der Waals surface area (Å²) in [4.78, 5) is 24.4. The number of hydrogen-bond donors (Lipinski definition) is 1. The van der Waals surface area contributed by atoms with Crippen LogP contribution in [-0.2, 0) is 4.79 Å². The zero-order valence-corrected chi connectivity index (χ0v) is 12.4. The van der Waals surface area contributed by atoms with Gasteiger partial charge in [0.25, 0.3) is 0 Å². The molecule has 0 saturated carbocycles. The number of para-hydroxylation sites is 2. The molecular weight excluding hydrogens is 280 g/mol. The fourth-order valence-corrected chi connectivity index (χ4v) is 2.44. The minimum absolute atomic E-state index is 0.265. The topological polar surface area (TPSA) is 64.2 Å². The van der Waals surface area contributed by atoms with Crippen LogP contribution in [0, 0.1) is 6.92 Å². The van der Waals surface area contributed by atoms with Crippen LogP contribution in [0.5, 0.6) is 0 Å². The van der Waals surface area contributed by atoms with Gasteiger partial charge in [0.15, 0.2) is 5.58 Å². The van der Waals surface area contributed by atoms with E-state index < -0.39 is 11.8 Å². The lowest BCUT2D eigenvalue weighted by Crippen LogP contribution is -2.29. The minimum Gasteiger partial charge on any atom is -0.408 e. The Labute approximate surface area is 127 Å². The summed E-state index contributed by atoms with van der Waals surface area (Å²) in [5.74, 6) is -0.799. The van der Waals surface area contributed by atoms with Crippen molar-refractivity contribution in [2.75, 3.05) is 5.32 Å². The fourth-order valence-electron chi connectivity index (χ4n) is 2.44. The highest BCUT2D eigenvalue weighted by Gasteiger charge is 2.21. The average molecular weight is 296 g/mol. The van der Waals surface area contributed by atoms with Crippen LogP contribution in [0.15, 0.2) is 57.7 Å². The number of nitrogens with one attached hydrogen (secondary N) is 1. The van der Waals surface area contributed by atoms with Gasteiger partial charge in [-0.1, -0.05) is 24.3 Å². The van der Waals surface area contributed by atoms with Crippen LogP contribution in [-0.4, -0.2) is 10.5 Å². The van der Waals surface area contributed by atoms with Crippen molar-refractivity contribution in [3.8, 4) is 0 Å². The van der Waals surface area contributed by atoms with Crippen LogP contribution >= 0.6 is 0 Å². The second-order valence-corrected chi connectivity index (χ2v) is 5.24. The maximum absolute atomic E-state index is 12.4. The van der Waals surface area contributed by atoms with Crippen LogP contribution in [0.2, 0.25) is 0 Å². The third-order valence-electron chi connectivity index (χ3n) is 3.57. The summed E-state index contributed by atoms with van der Waals surface area (Å²) in [5, 5.41) is 2.82. The Kier molecular flexibility index (Phi) is 3.55. The predicted molar refractivity (Wildman–Crippen MR) is 85.0 cm³/mol. The molecule has 1 unspecified atom stereocenters. The van der Waals surface area contributed by atoms with E-state index in [0.717, 1.165) is 5.56 Å². The fraction of sp³-hybridized carbons (Fsp3) is 0.176. The lowest BCUT2D eigenvalue weighted by molar-refractivity contribution is -0.118. The van der Waals surface area contributed by atoms with Crippen molar-refractivity contribution < 1.29 is 9.21 Å². The second kappa shape index (κ2) is 5.52. The highest BCUT2D eigenvalue weighted by molar-refractivity contribution is 5.94. The number of aryl methyl sites for hydroxylation is 1. The molecule has 1 amide bonds. The Morgan fingerprint density at radius 2 is 1.95 bits per heavy atom. The predicted octanol–water partition coefficient (Wildman–Crippen LogP) is 3.10. The molecule has 1 aromatic heterocycles. The van der Waals surface area contributed by atoms with Crippen molar-refractivity contribution in [2.24, 2.45) is 0 Å². The maximum atomic E-state index is 12.4. The number of hydrogen-bond acceptors (Lipinski definition) is 3. The van der Waals surface area contributed by atoms with Crippen molar-refractivity contribution in [1.29, 1.82) is 0 Å². The number of aromatic nitrogens is 1. The monoisotopic (exact) mass is 296 g/mol. The number of benzene rings is 2. The number of fused-ring (bicyclic) bond motifs is 1. The van der Waals surface area contributed by atoms with Gasteiger partial charge in [0.05, 0.1) is 5.52 Å². The molecule has 1 heterocycles. The molecular formula is C17H16N2O3. The Morgan fingerprint density at radius 1 is 1.18 bits per heavy atom. The first-order valence-corrected chi connectivity index (χ1v) is 7.04. The third kappa shape index (κ3) is 2.53.